The van der Waals surface area contributed by atoms with E-state index in [1.165, 1.54) is 30.0 Å². The lowest BCUT2D eigenvalue weighted by atomic mass is 10.1. The molecule has 1 aromatic heterocycles. The summed E-state index contributed by atoms with van der Waals surface area (Å²) in [6.45, 7) is 0.678. The second-order valence-electron chi connectivity index (χ2n) is 7.34. The van der Waals surface area contributed by atoms with Crippen LogP contribution in [0.15, 0.2) is 59.5 Å². The Hall–Kier alpha value is -3.72. The molecule has 2 aromatic carbocycles. The molecule has 0 atom stereocenters. The molecule has 0 saturated carbocycles. The van der Waals surface area contributed by atoms with Gasteiger partial charge in [-0.15, -0.1) is 0 Å². The summed E-state index contributed by atoms with van der Waals surface area (Å²) >= 11 is 0. The number of carbonyl (C=O) groups excluding carboxylic acids is 1. The molecule has 0 aliphatic heterocycles. The van der Waals surface area contributed by atoms with Gasteiger partial charge >= 0.3 is 0 Å². The van der Waals surface area contributed by atoms with Crippen molar-refractivity contribution in [3.8, 4) is 11.8 Å². The fraction of sp³-hybridized carbons (Fsp3) is 0.261. The first-order valence-corrected chi connectivity index (χ1v) is 12.1. The van der Waals surface area contributed by atoms with Crippen molar-refractivity contribution in [3.63, 3.8) is 0 Å². The molecule has 1 heterocycles. The number of amides is 1. The minimum absolute atomic E-state index is 0.00292. The predicted molar refractivity (Wildman–Crippen MR) is 127 cm³/mol. The van der Waals surface area contributed by atoms with Crippen molar-refractivity contribution in [2.45, 2.75) is 17.7 Å². The maximum absolute atomic E-state index is 12.5. The lowest BCUT2D eigenvalue weighted by molar-refractivity contribution is 0.0953. The Morgan fingerprint density at radius 2 is 1.94 bits per heavy atom. The molecule has 11 heteroatoms. The molecule has 0 saturated heterocycles. The van der Waals surface area contributed by atoms with E-state index in [1.54, 1.807) is 6.07 Å². The first-order valence-electron chi connectivity index (χ1n) is 10.6. The molecular weight excluding hydrogens is 456 g/mol. The van der Waals surface area contributed by atoms with E-state index >= 15 is 0 Å². The highest BCUT2D eigenvalue weighted by Gasteiger charge is 2.17. The molecule has 4 N–H and O–H groups in total. The SMILES string of the molecule is COCCNS(=O)(=O)c1cccc(C(=O)NCCCc2nn(-c3ccccc3)c(N)c2C#N)c1. The number of methoxy groups -OCH3 is 1. The van der Waals surface area contributed by atoms with Crippen LogP contribution in [0.1, 0.15) is 28.0 Å². The van der Waals surface area contributed by atoms with Crippen molar-refractivity contribution in [2.24, 2.45) is 0 Å². The van der Waals surface area contributed by atoms with E-state index in [-0.39, 0.29) is 29.4 Å². The molecule has 0 spiro atoms. The number of para-hydroxylation sites is 1. The highest BCUT2D eigenvalue weighted by molar-refractivity contribution is 7.89. The van der Waals surface area contributed by atoms with Crippen LogP contribution < -0.4 is 15.8 Å². The molecule has 10 nitrogen and oxygen atoms in total. The van der Waals surface area contributed by atoms with Gasteiger partial charge < -0.3 is 15.8 Å². The number of carbonyl (C=O) groups is 1. The van der Waals surface area contributed by atoms with Crippen LogP contribution in [0.2, 0.25) is 0 Å². The van der Waals surface area contributed by atoms with E-state index in [2.05, 4.69) is 21.2 Å². The molecule has 0 aliphatic carbocycles. The lowest BCUT2D eigenvalue weighted by Crippen LogP contribution is -2.28. The zero-order chi connectivity index (χ0) is 24.6. The molecule has 34 heavy (non-hydrogen) atoms. The predicted octanol–water partition coefficient (Wildman–Crippen LogP) is 1.61. The van der Waals surface area contributed by atoms with E-state index in [4.69, 9.17) is 10.5 Å². The van der Waals surface area contributed by atoms with E-state index in [0.29, 0.717) is 30.6 Å². The minimum Gasteiger partial charge on any atom is -0.383 e. The Bertz CT molecular complexity index is 1280. The molecule has 0 fully saturated rings. The summed E-state index contributed by atoms with van der Waals surface area (Å²) in [5, 5.41) is 16.7. The Morgan fingerprint density at radius 1 is 1.18 bits per heavy atom. The second-order valence-corrected chi connectivity index (χ2v) is 9.11. The van der Waals surface area contributed by atoms with Gasteiger partial charge in [-0.1, -0.05) is 24.3 Å². The van der Waals surface area contributed by atoms with Crippen molar-refractivity contribution in [1.29, 1.82) is 5.26 Å². The van der Waals surface area contributed by atoms with Crippen molar-refractivity contribution in [2.75, 3.05) is 32.5 Å². The third-order valence-electron chi connectivity index (χ3n) is 4.99. The number of anilines is 1. The number of rotatable bonds is 11. The molecule has 0 bridgehead atoms. The maximum atomic E-state index is 12.5. The first kappa shape index (κ1) is 24.9. The van der Waals surface area contributed by atoms with Crippen molar-refractivity contribution in [1.82, 2.24) is 19.8 Å². The standard InChI is InChI=1S/C23H26N6O4S/c1-33-14-13-27-34(31,32)19-10-5-7-17(15-19)23(30)26-12-6-11-21-20(16-24)22(25)29(28-21)18-8-3-2-4-9-18/h2-5,7-10,15,27H,6,11-14,25H2,1H3,(H,26,30). The lowest BCUT2D eigenvalue weighted by Gasteiger charge is -2.09. The average Bonchev–Trinajstić information content (AvgIpc) is 3.17. The number of aryl methyl sites for hydroxylation is 1. The molecule has 178 valence electrons. The number of benzene rings is 2. The Morgan fingerprint density at radius 3 is 2.65 bits per heavy atom. The van der Waals surface area contributed by atoms with E-state index in [1.807, 2.05) is 30.3 Å². The average molecular weight is 483 g/mol. The van der Waals surface area contributed by atoms with Crippen LogP contribution in [0.4, 0.5) is 5.82 Å². The molecule has 3 aromatic rings. The summed E-state index contributed by atoms with van der Waals surface area (Å²) < 4.78 is 33.5. The summed E-state index contributed by atoms with van der Waals surface area (Å²) in [6, 6.07) is 17.2. The van der Waals surface area contributed by atoms with Crippen molar-refractivity contribution >= 4 is 21.7 Å². The van der Waals surface area contributed by atoms with E-state index in [0.717, 1.165) is 5.69 Å². The number of nitriles is 1. The Balaban J connectivity index is 1.60. The number of hydrogen-bond acceptors (Lipinski definition) is 7. The fourth-order valence-electron chi connectivity index (χ4n) is 3.27. The molecule has 1 amide bonds. The van der Waals surface area contributed by atoms with Crippen LogP contribution in [0.3, 0.4) is 0 Å². The largest absolute Gasteiger partial charge is 0.383 e. The molecule has 0 radical (unpaired) electrons. The molecule has 0 unspecified atom stereocenters. The van der Waals surface area contributed by atoms with Gasteiger partial charge in [0.2, 0.25) is 10.0 Å². The van der Waals surface area contributed by atoms with Gasteiger partial charge in [0.1, 0.15) is 17.5 Å². The maximum Gasteiger partial charge on any atom is 0.251 e. The van der Waals surface area contributed by atoms with Crippen LogP contribution in [-0.2, 0) is 21.2 Å². The smallest absolute Gasteiger partial charge is 0.251 e. The molecule has 3 rings (SSSR count). The molecular formula is C23H26N6O4S. The van der Waals surface area contributed by atoms with Gasteiger partial charge in [0.15, 0.2) is 0 Å². The summed E-state index contributed by atoms with van der Waals surface area (Å²) in [5.74, 6) is -0.131. The van der Waals surface area contributed by atoms with Crippen LogP contribution in [0, 0.1) is 11.3 Å². The fourth-order valence-corrected chi connectivity index (χ4v) is 4.33. The highest BCUT2D eigenvalue weighted by atomic mass is 32.2. The quantitative estimate of drug-likeness (QED) is 0.351. The summed E-state index contributed by atoms with van der Waals surface area (Å²) in [5.41, 5.74) is 7.95. The Kier molecular flexibility index (Phi) is 8.37. The third-order valence-corrected chi connectivity index (χ3v) is 6.45. The van der Waals surface area contributed by atoms with Gasteiger partial charge in [-0.3, -0.25) is 4.79 Å². The zero-order valence-corrected chi connectivity index (χ0v) is 19.5. The summed E-state index contributed by atoms with van der Waals surface area (Å²) in [6.07, 6.45) is 0.952. The number of nitrogens with zero attached hydrogens (tertiary/aromatic N) is 3. The topological polar surface area (TPSA) is 152 Å². The van der Waals surface area contributed by atoms with E-state index in [9.17, 15) is 18.5 Å². The van der Waals surface area contributed by atoms with Gasteiger partial charge in [0.05, 0.1) is 22.9 Å². The summed E-state index contributed by atoms with van der Waals surface area (Å²) in [4.78, 5) is 12.5. The number of aromatic nitrogens is 2. The van der Waals surface area contributed by atoms with Crippen molar-refractivity contribution < 1.29 is 17.9 Å². The highest BCUT2D eigenvalue weighted by Crippen LogP contribution is 2.21. The summed E-state index contributed by atoms with van der Waals surface area (Å²) in [7, 11) is -2.27. The van der Waals surface area contributed by atoms with Crippen LogP contribution in [0.25, 0.3) is 5.69 Å². The number of nitrogen functional groups attached to an aromatic ring is 1. The molecule has 0 aliphatic rings. The Labute approximate surface area is 198 Å². The monoisotopic (exact) mass is 482 g/mol. The van der Waals surface area contributed by atoms with Crippen LogP contribution in [0.5, 0.6) is 0 Å². The minimum atomic E-state index is -3.75. The zero-order valence-electron chi connectivity index (χ0n) is 18.7. The van der Waals surface area contributed by atoms with E-state index < -0.39 is 15.9 Å². The first-order chi connectivity index (χ1) is 16.4. The van der Waals surface area contributed by atoms with Crippen LogP contribution >= 0.6 is 0 Å². The number of nitrogens with two attached hydrogens (primary N) is 1. The van der Waals surface area contributed by atoms with Gasteiger partial charge in [0, 0.05) is 25.8 Å². The van der Waals surface area contributed by atoms with Gasteiger partial charge in [-0.05, 0) is 43.2 Å². The number of sulfonamides is 1. The third kappa shape index (κ3) is 5.99. The second kappa shape index (κ2) is 11.4. The normalized spacial score (nSPS) is 11.2. The van der Waals surface area contributed by atoms with Crippen molar-refractivity contribution in [3.05, 3.63) is 71.4 Å². The van der Waals surface area contributed by atoms with Crippen LogP contribution in [-0.4, -0.2) is 50.9 Å². The number of ether oxygens (including phenoxy) is 1. The van der Waals surface area contributed by atoms with Gasteiger partial charge in [-0.2, -0.15) is 10.4 Å². The number of nitrogens with one attached hydrogen (secondary N) is 2. The van der Waals surface area contributed by atoms with Gasteiger partial charge in [-0.25, -0.2) is 17.8 Å². The number of hydrogen-bond donors (Lipinski definition) is 3. The van der Waals surface area contributed by atoms with Gasteiger partial charge in [0.25, 0.3) is 5.91 Å².